The summed E-state index contributed by atoms with van der Waals surface area (Å²) in [7, 11) is 0. The first-order valence-corrected chi connectivity index (χ1v) is 13.6. The molecule has 0 N–H and O–H groups in total. The molecule has 2 aliphatic rings. The first-order chi connectivity index (χ1) is 15.9. The fraction of sp³-hybridized carbons (Fsp3) is 0.0645. The minimum Gasteiger partial charge on any atom is -1.00 e. The Bertz CT molecular complexity index is 1220. The van der Waals surface area contributed by atoms with Crippen molar-refractivity contribution in [1.29, 1.82) is 0 Å². The van der Waals surface area contributed by atoms with E-state index >= 15 is 0 Å². The number of fused-ring (bicyclic) bond motifs is 3. The van der Waals surface area contributed by atoms with E-state index in [1.807, 2.05) is 0 Å². The maximum absolute atomic E-state index is 2.32. The molecule has 0 bridgehead atoms. The molecule has 3 heteroatoms. The Hall–Kier alpha value is -2.31. The van der Waals surface area contributed by atoms with Crippen molar-refractivity contribution in [2.24, 2.45) is 0 Å². The predicted octanol–water partition coefficient (Wildman–Crippen LogP) is 1.45. The number of benzene rings is 4. The molecule has 0 atom stereocenters. The third-order valence-electron chi connectivity index (χ3n) is 5.89. The number of halogens is 2. The van der Waals surface area contributed by atoms with Gasteiger partial charge in [-0.2, -0.15) is 0 Å². The van der Waals surface area contributed by atoms with Gasteiger partial charge in [0.2, 0.25) is 0 Å². The van der Waals surface area contributed by atoms with E-state index in [1.165, 1.54) is 33.4 Å². The van der Waals surface area contributed by atoms with Crippen molar-refractivity contribution < 1.29 is 47.6 Å². The third-order valence-corrected chi connectivity index (χ3v) is 9.62. The Morgan fingerprint density at radius 3 is 1.50 bits per heavy atom. The van der Waals surface area contributed by atoms with E-state index in [0.29, 0.717) is 0 Å². The molecule has 2 aliphatic carbocycles. The van der Waals surface area contributed by atoms with Crippen LogP contribution in [0, 0.1) is 0 Å². The summed E-state index contributed by atoms with van der Waals surface area (Å²) in [5.74, 6) is 0. The van der Waals surface area contributed by atoms with Crippen molar-refractivity contribution in [1.82, 2.24) is 0 Å². The van der Waals surface area contributed by atoms with Crippen molar-refractivity contribution in [2.75, 3.05) is 0 Å². The second-order valence-corrected chi connectivity index (χ2v) is 11.5. The Morgan fingerprint density at radius 1 is 0.559 bits per heavy atom. The smallest absolute Gasteiger partial charge is 0.00135 e. The third kappa shape index (κ3) is 6.22. The SMILES string of the molecule is C1=CC[C]([Zr+2]=[C](c2ccccc2)c2ccccc2)=C1.[Cl-].[Cl-].c1ccc2c(c1)Cc1ccccc1-2. The Kier molecular flexibility index (Phi) is 10.0. The van der Waals surface area contributed by atoms with Crippen molar-refractivity contribution in [3.05, 3.63) is 153 Å². The molecule has 0 heterocycles. The topological polar surface area (TPSA) is 0 Å². The standard InChI is InChI=1S/2C13H10.C5H5.2ClH.Zr/c1-3-7-12-10(5-1)9-11-6-2-4-8-13(11)12;1-3-7-12(8-4-1)11-13-9-5-2-6-10-13;1-2-4-5-3-1;;;/h1-8H,9H2;1-10H;1-3H,4H2;2*1H;/q;;;;;+2/p-2. The largest absolute Gasteiger partial charge is 1.00 e. The maximum Gasteiger partial charge on any atom is -0.00135 e. The monoisotopic (exact) mass is 557 g/mol. The van der Waals surface area contributed by atoms with Gasteiger partial charge in [-0.3, -0.25) is 0 Å². The van der Waals surface area contributed by atoms with Gasteiger partial charge in [0.15, 0.2) is 0 Å². The first-order valence-electron chi connectivity index (χ1n) is 11.2. The summed E-state index contributed by atoms with van der Waals surface area (Å²) in [6.07, 6.45) is 9.05. The van der Waals surface area contributed by atoms with E-state index in [-0.39, 0.29) is 24.8 Å². The van der Waals surface area contributed by atoms with Gasteiger partial charge in [-0.1, -0.05) is 48.5 Å². The number of allylic oxidation sites excluding steroid dienone is 4. The van der Waals surface area contributed by atoms with Gasteiger partial charge in [0.25, 0.3) is 0 Å². The Labute approximate surface area is 226 Å². The fourth-order valence-corrected chi connectivity index (χ4v) is 7.60. The summed E-state index contributed by atoms with van der Waals surface area (Å²) < 4.78 is 3.24. The zero-order valence-electron chi connectivity index (χ0n) is 18.8. The van der Waals surface area contributed by atoms with Crippen LogP contribution in [0.5, 0.6) is 0 Å². The van der Waals surface area contributed by atoms with Crippen LogP contribution in [0.25, 0.3) is 11.1 Å². The molecule has 4 aromatic rings. The molecule has 4 aromatic carbocycles. The van der Waals surface area contributed by atoms with Crippen LogP contribution in [0.1, 0.15) is 28.7 Å². The summed E-state index contributed by atoms with van der Waals surface area (Å²) in [6.45, 7) is 0. The first kappa shape index (κ1) is 26.3. The number of hydrogen-bond donors (Lipinski definition) is 0. The number of rotatable bonds is 3. The molecule has 6 rings (SSSR count). The van der Waals surface area contributed by atoms with Gasteiger partial charge in [0.1, 0.15) is 0 Å². The quantitative estimate of drug-likeness (QED) is 0.314. The molecular formula is C31H25Cl2Zr. The molecule has 0 fully saturated rings. The fourth-order valence-electron chi connectivity index (χ4n) is 4.30. The van der Waals surface area contributed by atoms with Crippen molar-refractivity contribution in [2.45, 2.75) is 12.8 Å². The zero-order valence-corrected chi connectivity index (χ0v) is 22.8. The molecule has 0 nitrogen and oxygen atoms in total. The van der Waals surface area contributed by atoms with Gasteiger partial charge >= 0.3 is 126 Å². The second kappa shape index (κ2) is 13.0. The average molecular weight is 560 g/mol. The molecule has 34 heavy (non-hydrogen) atoms. The van der Waals surface area contributed by atoms with Crippen LogP contribution >= 0.6 is 0 Å². The molecule has 0 spiro atoms. The van der Waals surface area contributed by atoms with E-state index in [1.54, 1.807) is 6.49 Å². The van der Waals surface area contributed by atoms with Crippen LogP contribution in [-0.2, 0) is 29.2 Å². The van der Waals surface area contributed by atoms with Gasteiger partial charge in [-0.25, -0.2) is 0 Å². The van der Waals surface area contributed by atoms with Crippen LogP contribution in [0.3, 0.4) is 0 Å². The predicted molar refractivity (Wildman–Crippen MR) is 133 cm³/mol. The zero-order chi connectivity index (χ0) is 21.6. The van der Waals surface area contributed by atoms with Crippen molar-refractivity contribution in [3.63, 3.8) is 0 Å². The molecule has 0 aromatic heterocycles. The van der Waals surface area contributed by atoms with Crippen LogP contribution < -0.4 is 24.8 Å². The van der Waals surface area contributed by atoms with Crippen molar-refractivity contribution in [3.8, 4) is 11.1 Å². The molecule has 0 aliphatic heterocycles. The van der Waals surface area contributed by atoms with Gasteiger partial charge in [0.05, 0.1) is 0 Å². The van der Waals surface area contributed by atoms with Crippen LogP contribution in [0.4, 0.5) is 0 Å². The summed E-state index contributed by atoms with van der Waals surface area (Å²) in [4.78, 5) is 0. The Balaban J connectivity index is 0.000000190. The normalized spacial score (nSPS) is 11.9. The molecular weight excluding hydrogens is 534 g/mol. The number of hydrogen-bond acceptors (Lipinski definition) is 0. The van der Waals surface area contributed by atoms with E-state index in [2.05, 4.69) is 127 Å². The van der Waals surface area contributed by atoms with Crippen LogP contribution in [-0.4, -0.2) is 3.21 Å². The average Bonchev–Trinajstić information content (AvgIpc) is 3.52. The second-order valence-electron chi connectivity index (χ2n) is 8.05. The summed E-state index contributed by atoms with van der Waals surface area (Å²) in [5, 5.41) is 0. The van der Waals surface area contributed by atoms with E-state index in [0.717, 1.165) is 12.8 Å². The van der Waals surface area contributed by atoms with Gasteiger partial charge in [0, 0.05) is 0 Å². The summed E-state index contributed by atoms with van der Waals surface area (Å²) in [5.41, 5.74) is 8.55. The van der Waals surface area contributed by atoms with E-state index in [9.17, 15) is 0 Å². The minimum atomic E-state index is -0.695. The van der Waals surface area contributed by atoms with E-state index in [4.69, 9.17) is 0 Å². The molecule has 0 saturated heterocycles. The summed E-state index contributed by atoms with van der Waals surface area (Å²) >= 11 is -0.695. The molecule has 0 amide bonds. The van der Waals surface area contributed by atoms with Gasteiger partial charge < -0.3 is 24.8 Å². The summed E-state index contributed by atoms with van der Waals surface area (Å²) in [6, 6.07) is 39.0. The molecule has 167 valence electrons. The van der Waals surface area contributed by atoms with Crippen molar-refractivity contribution >= 4 is 3.21 Å². The van der Waals surface area contributed by atoms with Crippen LogP contribution in [0.2, 0.25) is 0 Å². The molecule has 0 radical (unpaired) electrons. The van der Waals surface area contributed by atoms with Crippen LogP contribution in [0.15, 0.2) is 131 Å². The molecule has 0 saturated carbocycles. The Morgan fingerprint density at radius 2 is 1.03 bits per heavy atom. The van der Waals surface area contributed by atoms with Gasteiger partial charge in [-0.15, -0.1) is 0 Å². The van der Waals surface area contributed by atoms with E-state index < -0.39 is 22.8 Å². The molecule has 0 unspecified atom stereocenters. The minimum absolute atomic E-state index is 0. The maximum atomic E-state index is 2.32. The van der Waals surface area contributed by atoms with Gasteiger partial charge in [-0.05, 0) is 28.7 Å².